The van der Waals surface area contributed by atoms with Gasteiger partial charge < -0.3 is 10.7 Å². The highest BCUT2D eigenvalue weighted by molar-refractivity contribution is 7.10. The first-order valence-electron chi connectivity index (χ1n) is 4.97. The zero-order chi connectivity index (χ0) is 11.7. The van der Waals surface area contributed by atoms with E-state index in [-0.39, 0.29) is 0 Å². The maximum Gasteiger partial charge on any atom is 0.150 e. The molecule has 3 aromatic rings. The van der Waals surface area contributed by atoms with Crippen molar-refractivity contribution in [3.63, 3.8) is 0 Å². The van der Waals surface area contributed by atoms with Gasteiger partial charge in [-0.2, -0.15) is 0 Å². The summed E-state index contributed by atoms with van der Waals surface area (Å²) in [5.74, 6) is 6.52. The first-order chi connectivity index (χ1) is 8.33. The number of anilines is 1. The van der Waals surface area contributed by atoms with Crippen LogP contribution in [0.1, 0.15) is 10.4 Å². The van der Waals surface area contributed by atoms with Gasteiger partial charge in [0.25, 0.3) is 0 Å². The Morgan fingerprint density at radius 3 is 3.06 bits per heavy atom. The lowest BCUT2D eigenvalue weighted by atomic mass is 10.2. The zero-order valence-corrected chi connectivity index (χ0v) is 9.58. The van der Waals surface area contributed by atoms with Crippen molar-refractivity contribution in [2.75, 3.05) is 5.73 Å². The molecule has 3 aromatic heterocycles. The summed E-state index contributed by atoms with van der Waals surface area (Å²) in [7, 11) is 0. The Morgan fingerprint density at radius 2 is 2.24 bits per heavy atom. The number of aromatic amines is 1. The highest BCUT2D eigenvalue weighted by Gasteiger charge is 1.98. The molecule has 0 aliphatic rings. The Labute approximate surface area is 102 Å². The van der Waals surface area contributed by atoms with Crippen LogP contribution in [0.25, 0.3) is 11.0 Å². The van der Waals surface area contributed by atoms with Gasteiger partial charge in [0, 0.05) is 23.3 Å². The van der Waals surface area contributed by atoms with Gasteiger partial charge in [-0.05, 0) is 18.1 Å². The Bertz CT molecular complexity index is 729. The van der Waals surface area contributed by atoms with Gasteiger partial charge >= 0.3 is 0 Å². The van der Waals surface area contributed by atoms with Crippen LogP contribution in [-0.2, 0) is 0 Å². The van der Waals surface area contributed by atoms with Crippen molar-refractivity contribution in [1.82, 2.24) is 15.0 Å². The highest BCUT2D eigenvalue weighted by Crippen LogP contribution is 2.14. The molecule has 0 atom stereocenters. The summed E-state index contributed by atoms with van der Waals surface area (Å²) in [5.41, 5.74) is 9.08. The van der Waals surface area contributed by atoms with Crippen LogP contribution in [-0.4, -0.2) is 15.0 Å². The number of nitrogens with two attached hydrogens (primary N) is 1. The predicted molar refractivity (Wildman–Crippen MR) is 68.6 cm³/mol. The molecule has 0 aliphatic carbocycles. The number of nitrogens with one attached hydrogen (secondary N) is 1. The van der Waals surface area contributed by atoms with Crippen molar-refractivity contribution in [1.29, 1.82) is 0 Å². The smallest absolute Gasteiger partial charge is 0.150 e. The number of hydrogen-bond donors (Lipinski definition) is 2. The molecule has 3 rings (SSSR count). The van der Waals surface area contributed by atoms with Gasteiger partial charge in [-0.15, -0.1) is 11.3 Å². The van der Waals surface area contributed by atoms with E-state index >= 15 is 0 Å². The number of pyridine rings is 1. The van der Waals surface area contributed by atoms with Gasteiger partial charge in [0.05, 0.1) is 5.51 Å². The molecule has 0 amide bonds. The quantitative estimate of drug-likeness (QED) is 0.590. The minimum atomic E-state index is 0.484. The standard InChI is InChI=1S/C12H8N4S/c13-11-10(17-7-16-11)2-1-8-5-9-3-4-14-12(9)15-6-8/h3-7H,13H2,(H,14,15). The number of hydrogen-bond acceptors (Lipinski definition) is 4. The van der Waals surface area contributed by atoms with Crippen LogP contribution in [0, 0.1) is 11.8 Å². The molecular weight excluding hydrogens is 232 g/mol. The number of thiazole rings is 1. The van der Waals surface area contributed by atoms with Crippen molar-refractivity contribution in [2.24, 2.45) is 0 Å². The number of nitrogen functional groups attached to an aromatic ring is 1. The van der Waals surface area contributed by atoms with E-state index in [2.05, 4.69) is 26.8 Å². The minimum Gasteiger partial charge on any atom is -0.382 e. The minimum absolute atomic E-state index is 0.484. The van der Waals surface area contributed by atoms with Gasteiger partial charge in [-0.3, -0.25) is 0 Å². The molecule has 0 saturated heterocycles. The average molecular weight is 240 g/mol. The fraction of sp³-hybridized carbons (Fsp3) is 0. The predicted octanol–water partition coefficient (Wildman–Crippen LogP) is 2.00. The molecule has 5 heteroatoms. The molecule has 3 N–H and O–H groups in total. The second-order valence-electron chi connectivity index (χ2n) is 3.46. The van der Waals surface area contributed by atoms with E-state index in [1.807, 2.05) is 18.3 Å². The largest absolute Gasteiger partial charge is 0.382 e. The van der Waals surface area contributed by atoms with Crippen LogP contribution >= 0.6 is 11.3 Å². The van der Waals surface area contributed by atoms with E-state index in [1.54, 1.807) is 11.7 Å². The fourth-order valence-corrected chi connectivity index (χ4v) is 2.04. The lowest BCUT2D eigenvalue weighted by Gasteiger charge is -1.90. The fourth-order valence-electron chi connectivity index (χ4n) is 1.49. The molecule has 0 saturated carbocycles. The second kappa shape index (κ2) is 3.92. The Morgan fingerprint density at radius 1 is 1.29 bits per heavy atom. The Balaban J connectivity index is 2.00. The first-order valence-corrected chi connectivity index (χ1v) is 5.85. The van der Waals surface area contributed by atoms with Gasteiger partial charge in [0.2, 0.25) is 0 Å². The Hall–Kier alpha value is -2.32. The highest BCUT2D eigenvalue weighted by atomic mass is 32.1. The summed E-state index contributed by atoms with van der Waals surface area (Å²) >= 11 is 1.44. The van der Waals surface area contributed by atoms with Gasteiger partial charge in [-0.1, -0.05) is 5.92 Å². The Kier molecular flexibility index (Phi) is 2.28. The number of rotatable bonds is 0. The monoisotopic (exact) mass is 240 g/mol. The van der Waals surface area contributed by atoms with Crippen molar-refractivity contribution >= 4 is 28.2 Å². The van der Waals surface area contributed by atoms with E-state index in [0.717, 1.165) is 21.5 Å². The number of nitrogens with zero attached hydrogens (tertiary/aromatic N) is 2. The number of aromatic nitrogens is 3. The first kappa shape index (κ1) is 9.87. The number of H-pyrrole nitrogens is 1. The van der Waals surface area contributed by atoms with Gasteiger partial charge in [0.15, 0.2) is 0 Å². The third-order valence-corrected chi connectivity index (χ3v) is 3.07. The van der Waals surface area contributed by atoms with E-state index in [0.29, 0.717) is 5.82 Å². The SMILES string of the molecule is Nc1ncsc1C#Cc1cnc2[nH]ccc2c1. The normalized spacial score (nSPS) is 10.1. The van der Waals surface area contributed by atoms with E-state index < -0.39 is 0 Å². The van der Waals surface area contributed by atoms with Crippen molar-refractivity contribution in [3.8, 4) is 11.8 Å². The third kappa shape index (κ3) is 1.86. The van der Waals surface area contributed by atoms with Crippen molar-refractivity contribution < 1.29 is 0 Å². The molecule has 17 heavy (non-hydrogen) atoms. The molecule has 0 aromatic carbocycles. The van der Waals surface area contributed by atoms with Crippen LogP contribution in [0.15, 0.2) is 30.0 Å². The second-order valence-corrected chi connectivity index (χ2v) is 4.31. The van der Waals surface area contributed by atoms with Crippen LogP contribution in [0.3, 0.4) is 0 Å². The van der Waals surface area contributed by atoms with Crippen molar-refractivity contribution in [2.45, 2.75) is 0 Å². The molecule has 3 heterocycles. The van der Waals surface area contributed by atoms with E-state index in [4.69, 9.17) is 5.73 Å². The van der Waals surface area contributed by atoms with Crippen molar-refractivity contribution in [3.05, 3.63) is 40.5 Å². The molecule has 0 aliphatic heterocycles. The maximum atomic E-state index is 5.65. The summed E-state index contributed by atoms with van der Waals surface area (Å²) in [6.07, 6.45) is 3.60. The molecular formula is C12H8N4S. The van der Waals surface area contributed by atoms with E-state index in [1.165, 1.54) is 11.3 Å². The lowest BCUT2D eigenvalue weighted by molar-refractivity contribution is 1.32. The summed E-state index contributed by atoms with van der Waals surface area (Å²) in [6.45, 7) is 0. The van der Waals surface area contributed by atoms with Crippen LogP contribution < -0.4 is 5.73 Å². The summed E-state index contributed by atoms with van der Waals surface area (Å²) in [4.78, 5) is 12.0. The zero-order valence-electron chi connectivity index (χ0n) is 8.77. The molecule has 0 fully saturated rings. The van der Waals surface area contributed by atoms with Crippen LogP contribution in [0.2, 0.25) is 0 Å². The lowest BCUT2D eigenvalue weighted by Crippen LogP contribution is -1.86. The van der Waals surface area contributed by atoms with Gasteiger partial charge in [0.1, 0.15) is 16.3 Å². The summed E-state index contributed by atoms with van der Waals surface area (Å²) < 4.78 is 0. The number of fused-ring (bicyclic) bond motifs is 1. The van der Waals surface area contributed by atoms with E-state index in [9.17, 15) is 0 Å². The third-order valence-electron chi connectivity index (χ3n) is 2.32. The summed E-state index contributed by atoms with van der Waals surface area (Å²) in [6, 6.07) is 3.96. The molecule has 0 spiro atoms. The topological polar surface area (TPSA) is 67.6 Å². The molecule has 0 radical (unpaired) electrons. The van der Waals surface area contributed by atoms with Crippen LogP contribution in [0.4, 0.5) is 5.82 Å². The van der Waals surface area contributed by atoms with Gasteiger partial charge in [-0.25, -0.2) is 9.97 Å². The molecule has 0 unspecified atom stereocenters. The maximum absolute atomic E-state index is 5.65. The summed E-state index contributed by atoms with van der Waals surface area (Å²) in [5, 5.41) is 1.05. The average Bonchev–Trinajstić information content (AvgIpc) is 2.94. The molecule has 0 bridgehead atoms. The molecule has 82 valence electrons. The van der Waals surface area contributed by atoms with Crippen LogP contribution in [0.5, 0.6) is 0 Å². The molecule has 4 nitrogen and oxygen atoms in total.